The molecular formula is C13H24O3Si. The van der Waals surface area contributed by atoms with Crippen molar-refractivity contribution in [3.05, 3.63) is 11.3 Å². The van der Waals surface area contributed by atoms with Crippen LogP contribution in [0.3, 0.4) is 0 Å². The van der Waals surface area contributed by atoms with Crippen molar-refractivity contribution in [1.82, 2.24) is 0 Å². The van der Waals surface area contributed by atoms with Gasteiger partial charge >= 0.3 is 5.97 Å². The summed E-state index contributed by atoms with van der Waals surface area (Å²) in [6.07, 6.45) is 1.96. The molecule has 0 aromatic rings. The second-order valence-electron chi connectivity index (χ2n) is 5.78. The van der Waals surface area contributed by atoms with E-state index < -0.39 is 8.32 Å². The molecule has 0 aliphatic heterocycles. The van der Waals surface area contributed by atoms with Crippen molar-refractivity contribution in [3.63, 3.8) is 0 Å². The van der Waals surface area contributed by atoms with Crippen molar-refractivity contribution in [2.45, 2.75) is 46.3 Å². The minimum absolute atomic E-state index is 0.0669. The van der Waals surface area contributed by atoms with E-state index in [1.807, 2.05) is 6.92 Å². The van der Waals surface area contributed by atoms with Crippen molar-refractivity contribution >= 4 is 14.3 Å². The molecule has 17 heavy (non-hydrogen) atoms. The quantitative estimate of drug-likeness (QED) is 0.572. The molecule has 98 valence electrons. The maximum atomic E-state index is 11.6. The maximum Gasteiger partial charge on any atom is 0.308 e. The van der Waals surface area contributed by atoms with Crippen LogP contribution in [0.25, 0.3) is 0 Å². The predicted octanol–water partition coefficient (Wildman–Crippen LogP) is 3.33. The summed E-state index contributed by atoms with van der Waals surface area (Å²) in [7, 11) is -0.0873. The monoisotopic (exact) mass is 256 g/mol. The number of hydrogen-bond acceptors (Lipinski definition) is 3. The Morgan fingerprint density at radius 1 is 1.41 bits per heavy atom. The Morgan fingerprint density at radius 3 is 2.47 bits per heavy atom. The van der Waals surface area contributed by atoms with E-state index >= 15 is 0 Å². The lowest BCUT2D eigenvalue weighted by molar-refractivity contribution is -0.146. The topological polar surface area (TPSA) is 35.5 Å². The first-order valence-electron chi connectivity index (χ1n) is 6.22. The maximum absolute atomic E-state index is 11.6. The Kier molecular flexibility index (Phi) is 4.41. The highest BCUT2D eigenvalue weighted by Crippen LogP contribution is 2.38. The first-order valence-corrected chi connectivity index (χ1v) is 9.63. The highest BCUT2D eigenvalue weighted by atomic mass is 28.4. The highest BCUT2D eigenvalue weighted by Gasteiger charge is 2.33. The van der Waals surface area contributed by atoms with Gasteiger partial charge in [-0.1, -0.05) is 6.92 Å². The van der Waals surface area contributed by atoms with Crippen molar-refractivity contribution in [1.29, 1.82) is 0 Å². The fraction of sp³-hybridized carbons (Fsp3) is 0.769. The van der Waals surface area contributed by atoms with Gasteiger partial charge in [0.15, 0.2) is 0 Å². The summed E-state index contributed by atoms with van der Waals surface area (Å²) < 4.78 is 10.9. The van der Waals surface area contributed by atoms with Crippen molar-refractivity contribution in [3.8, 4) is 0 Å². The van der Waals surface area contributed by atoms with Crippen LogP contribution in [0, 0.1) is 11.8 Å². The lowest BCUT2D eigenvalue weighted by Crippen LogP contribution is -2.25. The van der Waals surface area contributed by atoms with Crippen LogP contribution in [-0.4, -0.2) is 21.4 Å². The van der Waals surface area contributed by atoms with Crippen LogP contribution in [-0.2, 0) is 14.0 Å². The molecule has 1 aliphatic rings. The average molecular weight is 256 g/mol. The molecule has 4 heteroatoms. The molecule has 0 radical (unpaired) electrons. The third-order valence-electron chi connectivity index (χ3n) is 3.28. The lowest BCUT2D eigenvalue weighted by atomic mass is 9.89. The molecule has 3 nitrogen and oxygen atoms in total. The minimum Gasteiger partial charge on any atom is -0.547 e. The van der Waals surface area contributed by atoms with Gasteiger partial charge in [0.05, 0.1) is 18.8 Å². The molecule has 0 saturated carbocycles. The van der Waals surface area contributed by atoms with Crippen molar-refractivity contribution < 1.29 is 14.0 Å². The number of methoxy groups -OCH3 is 1. The van der Waals surface area contributed by atoms with E-state index in [0.717, 1.165) is 18.6 Å². The molecule has 0 saturated heterocycles. The summed E-state index contributed by atoms with van der Waals surface area (Å²) in [6.45, 7) is 10.6. The van der Waals surface area contributed by atoms with Crippen LogP contribution in [0.5, 0.6) is 0 Å². The smallest absolute Gasteiger partial charge is 0.308 e. The molecule has 2 atom stereocenters. The fourth-order valence-electron chi connectivity index (χ4n) is 2.38. The number of ether oxygens (including phenoxy) is 1. The molecule has 0 unspecified atom stereocenters. The van der Waals surface area contributed by atoms with Gasteiger partial charge in [0.1, 0.15) is 0 Å². The van der Waals surface area contributed by atoms with Crippen LogP contribution in [0.2, 0.25) is 19.6 Å². The van der Waals surface area contributed by atoms with E-state index in [0.29, 0.717) is 0 Å². The van der Waals surface area contributed by atoms with Gasteiger partial charge in [-0.25, -0.2) is 0 Å². The van der Waals surface area contributed by atoms with E-state index in [9.17, 15) is 4.79 Å². The zero-order valence-corrected chi connectivity index (χ0v) is 12.8. The molecule has 1 aliphatic carbocycles. The molecule has 1 rings (SSSR count). The Labute approximate surface area is 105 Å². The average Bonchev–Trinajstić information content (AvgIpc) is 2.56. The Hall–Kier alpha value is -0.773. The van der Waals surface area contributed by atoms with Crippen LogP contribution in [0.4, 0.5) is 0 Å². The molecule has 0 aromatic heterocycles. The SMILES string of the molecule is COC(=O)[C@@H](C)[C@@H]1CCC(O[Si](C)(C)C)=C1C. The van der Waals surface area contributed by atoms with E-state index in [1.165, 1.54) is 12.7 Å². The highest BCUT2D eigenvalue weighted by molar-refractivity contribution is 6.70. The number of carbonyl (C=O) groups excluding carboxylic acids is 1. The van der Waals surface area contributed by atoms with E-state index in [4.69, 9.17) is 9.16 Å². The van der Waals surface area contributed by atoms with Gasteiger partial charge < -0.3 is 9.16 Å². The molecule has 0 N–H and O–H groups in total. The summed E-state index contributed by atoms with van der Waals surface area (Å²) in [5, 5.41) is 0. The number of esters is 1. The fourth-order valence-corrected chi connectivity index (χ4v) is 3.39. The van der Waals surface area contributed by atoms with Gasteiger partial charge in [0.2, 0.25) is 8.32 Å². The molecule has 0 heterocycles. The van der Waals surface area contributed by atoms with E-state index in [-0.39, 0.29) is 17.8 Å². The predicted molar refractivity (Wildman–Crippen MR) is 71.0 cm³/mol. The van der Waals surface area contributed by atoms with Gasteiger partial charge in [-0.05, 0) is 44.5 Å². The minimum atomic E-state index is -1.54. The van der Waals surface area contributed by atoms with Crippen LogP contribution < -0.4 is 0 Å². The van der Waals surface area contributed by atoms with Gasteiger partial charge in [-0.2, -0.15) is 0 Å². The number of hydrogen-bond donors (Lipinski definition) is 0. The lowest BCUT2D eigenvalue weighted by Gasteiger charge is -2.22. The molecule has 0 amide bonds. The molecular weight excluding hydrogens is 232 g/mol. The van der Waals surface area contributed by atoms with Crippen molar-refractivity contribution in [2.75, 3.05) is 7.11 Å². The normalized spacial score (nSPS) is 22.6. The summed E-state index contributed by atoms with van der Waals surface area (Å²) in [6, 6.07) is 0. The largest absolute Gasteiger partial charge is 0.547 e. The molecule has 0 aromatic carbocycles. The van der Waals surface area contributed by atoms with Gasteiger partial charge in [0.25, 0.3) is 0 Å². The summed E-state index contributed by atoms with van der Waals surface area (Å²) in [5.41, 5.74) is 1.24. The number of carbonyl (C=O) groups is 1. The molecule has 0 fully saturated rings. The summed E-state index contributed by atoms with van der Waals surface area (Å²) in [5.74, 6) is 1.21. The van der Waals surface area contributed by atoms with E-state index in [1.54, 1.807) is 0 Å². The molecule has 0 spiro atoms. The molecule has 0 bridgehead atoms. The zero-order valence-electron chi connectivity index (χ0n) is 11.8. The Morgan fingerprint density at radius 2 is 2.00 bits per heavy atom. The Bertz CT molecular complexity index is 328. The van der Waals surface area contributed by atoms with Crippen molar-refractivity contribution in [2.24, 2.45) is 11.8 Å². The summed E-state index contributed by atoms with van der Waals surface area (Å²) in [4.78, 5) is 11.6. The Balaban J connectivity index is 2.77. The second-order valence-corrected chi connectivity index (χ2v) is 10.2. The van der Waals surface area contributed by atoms with Gasteiger partial charge in [-0.3, -0.25) is 4.79 Å². The first-order chi connectivity index (χ1) is 7.76. The van der Waals surface area contributed by atoms with Crippen LogP contribution >= 0.6 is 0 Å². The standard InChI is InChI=1S/C13H24O3Si/c1-9-11(10(2)13(14)15-3)7-8-12(9)16-17(4,5)6/h10-11H,7-8H2,1-6H3/t10-,11+/m0/s1. The van der Waals surface area contributed by atoms with Gasteiger partial charge in [-0.15, -0.1) is 0 Å². The third kappa shape index (κ3) is 3.59. The number of rotatable bonds is 4. The second kappa shape index (κ2) is 5.25. The van der Waals surface area contributed by atoms with Gasteiger partial charge in [0, 0.05) is 6.42 Å². The first kappa shape index (κ1) is 14.3. The summed E-state index contributed by atoms with van der Waals surface area (Å²) >= 11 is 0. The van der Waals surface area contributed by atoms with Crippen LogP contribution in [0.1, 0.15) is 26.7 Å². The third-order valence-corrected chi connectivity index (χ3v) is 4.14. The van der Waals surface area contributed by atoms with Crippen LogP contribution in [0.15, 0.2) is 11.3 Å². The van der Waals surface area contributed by atoms with E-state index in [2.05, 4.69) is 26.6 Å². The zero-order chi connectivity index (χ0) is 13.2. The number of allylic oxidation sites excluding steroid dienone is 2.